The number of fused-ring (bicyclic) bond motifs is 1. The maximum Gasteiger partial charge on any atom is 0.122 e. The molecule has 0 saturated heterocycles. The van der Waals surface area contributed by atoms with Gasteiger partial charge < -0.3 is 14.8 Å². The maximum absolute atomic E-state index is 5.67. The summed E-state index contributed by atoms with van der Waals surface area (Å²) < 4.78 is 10.9. The van der Waals surface area contributed by atoms with Crippen LogP contribution in [0.15, 0.2) is 24.3 Å². The minimum Gasteiger partial charge on any atom is -0.493 e. The second kappa shape index (κ2) is 5.07. The van der Waals surface area contributed by atoms with E-state index < -0.39 is 0 Å². The monoisotopic (exact) mass is 235 g/mol. The molecule has 1 atom stereocenters. The topological polar surface area (TPSA) is 30.5 Å². The molecular weight excluding hydrogens is 214 g/mol. The fourth-order valence-corrected chi connectivity index (χ4v) is 2.21. The van der Waals surface area contributed by atoms with Gasteiger partial charge in [0.05, 0.1) is 13.2 Å². The van der Waals surface area contributed by atoms with Crippen LogP contribution in [0.4, 0.5) is 0 Å². The van der Waals surface area contributed by atoms with E-state index in [0.29, 0.717) is 12.5 Å². The number of para-hydroxylation sites is 1. The molecule has 2 rings (SSSR count). The highest BCUT2D eigenvalue weighted by Crippen LogP contribution is 2.33. The van der Waals surface area contributed by atoms with Gasteiger partial charge in [-0.15, -0.1) is 0 Å². The number of benzene rings is 1. The Labute approximate surface area is 103 Å². The third-order valence-electron chi connectivity index (χ3n) is 3.13. The predicted molar refractivity (Wildman–Crippen MR) is 68.6 cm³/mol. The zero-order chi connectivity index (χ0) is 12.3. The summed E-state index contributed by atoms with van der Waals surface area (Å²) in [6, 6.07) is 8.28. The van der Waals surface area contributed by atoms with Gasteiger partial charge in [-0.05, 0) is 19.9 Å². The highest BCUT2D eigenvalue weighted by molar-refractivity contribution is 5.39. The summed E-state index contributed by atoms with van der Waals surface area (Å²) in [4.78, 5) is 0. The van der Waals surface area contributed by atoms with Crippen molar-refractivity contribution < 1.29 is 9.47 Å². The van der Waals surface area contributed by atoms with Crippen molar-refractivity contribution in [2.75, 3.05) is 26.9 Å². The average Bonchev–Trinajstić information content (AvgIpc) is 2.70. The number of hydrogen-bond acceptors (Lipinski definition) is 3. The smallest absolute Gasteiger partial charge is 0.122 e. The standard InChI is InChI=1S/C14H21NO2/c1-14(2,10-16-3)15-8-11-9-17-13-7-5-4-6-12(11)13/h4-7,11,15H,8-10H2,1-3H3. The molecule has 0 aliphatic carbocycles. The van der Waals surface area contributed by atoms with E-state index >= 15 is 0 Å². The fraction of sp³-hybridized carbons (Fsp3) is 0.571. The number of ether oxygens (including phenoxy) is 2. The van der Waals surface area contributed by atoms with Gasteiger partial charge in [0.15, 0.2) is 0 Å². The van der Waals surface area contributed by atoms with Crippen LogP contribution < -0.4 is 10.1 Å². The Morgan fingerprint density at radius 3 is 2.94 bits per heavy atom. The predicted octanol–water partition coefficient (Wildman–Crippen LogP) is 2.18. The van der Waals surface area contributed by atoms with E-state index in [1.165, 1.54) is 5.56 Å². The molecule has 1 aliphatic rings. The van der Waals surface area contributed by atoms with Crippen LogP contribution in [-0.4, -0.2) is 32.4 Å². The molecule has 0 spiro atoms. The summed E-state index contributed by atoms with van der Waals surface area (Å²) in [7, 11) is 1.73. The van der Waals surface area contributed by atoms with Gasteiger partial charge in [0.2, 0.25) is 0 Å². The molecule has 1 aromatic carbocycles. The van der Waals surface area contributed by atoms with E-state index in [4.69, 9.17) is 9.47 Å². The van der Waals surface area contributed by atoms with Crippen LogP contribution in [0.1, 0.15) is 25.3 Å². The molecule has 1 heterocycles. The lowest BCUT2D eigenvalue weighted by Gasteiger charge is -2.26. The zero-order valence-electron chi connectivity index (χ0n) is 10.8. The molecule has 94 valence electrons. The molecule has 0 aromatic heterocycles. The first kappa shape index (κ1) is 12.4. The molecule has 0 fully saturated rings. The van der Waals surface area contributed by atoms with Gasteiger partial charge in [0.1, 0.15) is 5.75 Å². The number of hydrogen-bond donors (Lipinski definition) is 1. The summed E-state index contributed by atoms with van der Waals surface area (Å²) >= 11 is 0. The molecule has 1 aromatic rings. The highest BCUT2D eigenvalue weighted by Gasteiger charge is 2.26. The first-order valence-electron chi connectivity index (χ1n) is 6.08. The van der Waals surface area contributed by atoms with E-state index in [2.05, 4.69) is 31.3 Å². The Balaban J connectivity index is 1.94. The first-order valence-corrected chi connectivity index (χ1v) is 6.08. The third-order valence-corrected chi connectivity index (χ3v) is 3.13. The number of nitrogens with one attached hydrogen (secondary N) is 1. The lowest BCUT2D eigenvalue weighted by atomic mass is 9.99. The lowest BCUT2D eigenvalue weighted by molar-refractivity contribution is 0.127. The lowest BCUT2D eigenvalue weighted by Crippen LogP contribution is -2.45. The largest absolute Gasteiger partial charge is 0.493 e. The second-order valence-electron chi connectivity index (χ2n) is 5.24. The van der Waals surface area contributed by atoms with E-state index in [0.717, 1.165) is 18.9 Å². The summed E-state index contributed by atoms with van der Waals surface area (Å²) in [6.45, 7) is 6.71. The van der Waals surface area contributed by atoms with Crippen molar-refractivity contribution in [2.45, 2.75) is 25.3 Å². The summed E-state index contributed by atoms with van der Waals surface area (Å²) in [6.07, 6.45) is 0. The van der Waals surface area contributed by atoms with Crippen molar-refractivity contribution in [3.05, 3.63) is 29.8 Å². The van der Waals surface area contributed by atoms with E-state index in [1.807, 2.05) is 12.1 Å². The fourth-order valence-electron chi connectivity index (χ4n) is 2.21. The Kier molecular flexibility index (Phi) is 3.69. The van der Waals surface area contributed by atoms with Crippen molar-refractivity contribution in [3.8, 4) is 5.75 Å². The normalized spacial score (nSPS) is 18.9. The molecule has 0 amide bonds. The maximum atomic E-state index is 5.67. The Bertz CT molecular complexity index is 376. The summed E-state index contributed by atoms with van der Waals surface area (Å²) in [5.74, 6) is 1.48. The molecule has 0 saturated carbocycles. The van der Waals surface area contributed by atoms with Crippen molar-refractivity contribution in [2.24, 2.45) is 0 Å². The third kappa shape index (κ3) is 2.99. The van der Waals surface area contributed by atoms with Gasteiger partial charge in [-0.1, -0.05) is 18.2 Å². The van der Waals surface area contributed by atoms with Gasteiger partial charge in [0, 0.05) is 30.7 Å². The van der Waals surface area contributed by atoms with E-state index in [9.17, 15) is 0 Å². The van der Waals surface area contributed by atoms with Crippen molar-refractivity contribution in [1.82, 2.24) is 5.32 Å². The van der Waals surface area contributed by atoms with Gasteiger partial charge >= 0.3 is 0 Å². The van der Waals surface area contributed by atoms with E-state index in [1.54, 1.807) is 7.11 Å². The van der Waals surface area contributed by atoms with Crippen molar-refractivity contribution in [1.29, 1.82) is 0 Å². The molecular formula is C14H21NO2. The Morgan fingerprint density at radius 2 is 2.18 bits per heavy atom. The second-order valence-corrected chi connectivity index (χ2v) is 5.24. The molecule has 3 heteroatoms. The summed E-state index contributed by atoms with van der Waals surface area (Å²) in [5, 5.41) is 3.54. The van der Waals surface area contributed by atoms with Crippen LogP contribution in [-0.2, 0) is 4.74 Å². The Hall–Kier alpha value is -1.06. The Morgan fingerprint density at radius 1 is 1.41 bits per heavy atom. The average molecular weight is 235 g/mol. The minimum atomic E-state index is 0.00623. The number of methoxy groups -OCH3 is 1. The molecule has 1 N–H and O–H groups in total. The van der Waals surface area contributed by atoms with Gasteiger partial charge in [-0.25, -0.2) is 0 Å². The van der Waals surface area contributed by atoms with Gasteiger partial charge in [-0.2, -0.15) is 0 Å². The zero-order valence-corrected chi connectivity index (χ0v) is 10.8. The van der Waals surface area contributed by atoms with Gasteiger partial charge in [0.25, 0.3) is 0 Å². The quantitative estimate of drug-likeness (QED) is 0.848. The van der Waals surface area contributed by atoms with Crippen LogP contribution in [0, 0.1) is 0 Å². The molecule has 0 radical (unpaired) electrons. The van der Waals surface area contributed by atoms with Crippen LogP contribution >= 0.6 is 0 Å². The highest BCUT2D eigenvalue weighted by atomic mass is 16.5. The SMILES string of the molecule is COCC(C)(C)NCC1COc2ccccc21. The van der Waals surface area contributed by atoms with Crippen molar-refractivity contribution in [3.63, 3.8) is 0 Å². The van der Waals surface area contributed by atoms with Crippen LogP contribution in [0.3, 0.4) is 0 Å². The minimum absolute atomic E-state index is 0.00623. The molecule has 17 heavy (non-hydrogen) atoms. The molecule has 3 nitrogen and oxygen atoms in total. The molecule has 0 bridgehead atoms. The van der Waals surface area contributed by atoms with Crippen LogP contribution in [0.2, 0.25) is 0 Å². The summed E-state index contributed by atoms with van der Waals surface area (Å²) in [5.41, 5.74) is 1.32. The molecule has 1 unspecified atom stereocenters. The van der Waals surface area contributed by atoms with Gasteiger partial charge in [-0.3, -0.25) is 0 Å². The number of rotatable bonds is 5. The van der Waals surface area contributed by atoms with Crippen LogP contribution in [0.5, 0.6) is 5.75 Å². The van der Waals surface area contributed by atoms with E-state index in [-0.39, 0.29) is 5.54 Å². The van der Waals surface area contributed by atoms with Crippen molar-refractivity contribution >= 4 is 0 Å². The molecule has 1 aliphatic heterocycles. The van der Waals surface area contributed by atoms with Crippen LogP contribution in [0.25, 0.3) is 0 Å². The first-order chi connectivity index (χ1) is 8.12.